The second kappa shape index (κ2) is 9.99. The first kappa shape index (κ1) is 17.2. The van der Waals surface area contributed by atoms with E-state index in [2.05, 4.69) is 57.3 Å². The van der Waals surface area contributed by atoms with Crippen LogP contribution in [0.1, 0.15) is 77.0 Å². The molecule has 114 valence electrons. The van der Waals surface area contributed by atoms with E-state index in [4.69, 9.17) is 0 Å². The standard InChI is InChI=1S/C19H33N/c1-5-7-8-17-10-12-18(13-11-17)19(20-15-6-2)14-9-16(3)4/h10-13,16,19-20H,5-9,14-15H2,1-4H3. The zero-order valence-corrected chi connectivity index (χ0v) is 13.9. The van der Waals surface area contributed by atoms with Crippen molar-refractivity contribution in [3.05, 3.63) is 35.4 Å². The van der Waals surface area contributed by atoms with Crippen LogP contribution in [0.3, 0.4) is 0 Å². The topological polar surface area (TPSA) is 12.0 Å². The van der Waals surface area contributed by atoms with E-state index in [1.165, 1.54) is 49.7 Å². The van der Waals surface area contributed by atoms with Gasteiger partial charge in [-0.05, 0) is 55.7 Å². The van der Waals surface area contributed by atoms with Gasteiger partial charge in [0.05, 0.1) is 0 Å². The fourth-order valence-electron chi connectivity index (χ4n) is 2.50. The first-order chi connectivity index (χ1) is 9.67. The Morgan fingerprint density at radius 2 is 1.65 bits per heavy atom. The lowest BCUT2D eigenvalue weighted by Crippen LogP contribution is -2.22. The summed E-state index contributed by atoms with van der Waals surface area (Å²) in [6, 6.07) is 9.83. The lowest BCUT2D eigenvalue weighted by atomic mass is 9.96. The number of hydrogen-bond donors (Lipinski definition) is 1. The Kier molecular flexibility index (Phi) is 8.60. The Bertz CT molecular complexity index is 339. The summed E-state index contributed by atoms with van der Waals surface area (Å²) < 4.78 is 0. The Hall–Kier alpha value is -0.820. The lowest BCUT2D eigenvalue weighted by Gasteiger charge is -2.20. The van der Waals surface area contributed by atoms with E-state index < -0.39 is 0 Å². The van der Waals surface area contributed by atoms with Crippen LogP contribution in [0.25, 0.3) is 0 Å². The summed E-state index contributed by atoms with van der Waals surface area (Å²) in [6.07, 6.45) is 7.52. The molecule has 0 aliphatic heterocycles. The predicted molar refractivity (Wildman–Crippen MR) is 90.2 cm³/mol. The van der Waals surface area contributed by atoms with Gasteiger partial charge in [-0.15, -0.1) is 0 Å². The summed E-state index contributed by atoms with van der Waals surface area (Å²) in [4.78, 5) is 0. The quantitative estimate of drug-likeness (QED) is 0.594. The van der Waals surface area contributed by atoms with E-state index in [0.717, 1.165) is 12.5 Å². The molecule has 0 spiro atoms. The highest BCUT2D eigenvalue weighted by atomic mass is 14.9. The van der Waals surface area contributed by atoms with Crippen LogP contribution in [0.4, 0.5) is 0 Å². The van der Waals surface area contributed by atoms with Gasteiger partial charge in [-0.3, -0.25) is 0 Å². The maximum absolute atomic E-state index is 3.70. The average molecular weight is 275 g/mol. The molecule has 1 aromatic carbocycles. The van der Waals surface area contributed by atoms with Crippen molar-refractivity contribution in [1.82, 2.24) is 5.32 Å². The molecule has 0 aromatic heterocycles. The largest absolute Gasteiger partial charge is 0.310 e. The van der Waals surface area contributed by atoms with Crippen molar-refractivity contribution in [3.8, 4) is 0 Å². The maximum Gasteiger partial charge on any atom is 0.0320 e. The van der Waals surface area contributed by atoms with E-state index in [0.29, 0.717) is 6.04 Å². The van der Waals surface area contributed by atoms with Crippen molar-refractivity contribution < 1.29 is 0 Å². The van der Waals surface area contributed by atoms with Crippen molar-refractivity contribution in [2.24, 2.45) is 5.92 Å². The van der Waals surface area contributed by atoms with Crippen molar-refractivity contribution in [2.75, 3.05) is 6.54 Å². The predicted octanol–water partition coefficient (Wildman–Crippen LogP) is 5.51. The van der Waals surface area contributed by atoms with Gasteiger partial charge in [0.2, 0.25) is 0 Å². The van der Waals surface area contributed by atoms with Gasteiger partial charge >= 0.3 is 0 Å². The minimum atomic E-state index is 0.526. The molecule has 1 rings (SSSR count). The average Bonchev–Trinajstić information content (AvgIpc) is 2.46. The van der Waals surface area contributed by atoms with E-state index in [1.54, 1.807) is 0 Å². The van der Waals surface area contributed by atoms with Crippen LogP contribution in [0.2, 0.25) is 0 Å². The lowest BCUT2D eigenvalue weighted by molar-refractivity contribution is 0.440. The monoisotopic (exact) mass is 275 g/mol. The van der Waals surface area contributed by atoms with Gasteiger partial charge in [0, 0.05) is 6.04 Å². The Morgan fingerprint density at radius 3 is 2.20 bits per heavy atom. The van der Waals surface area contributed by atoms with Gasteiger partial charge < -0.3 is 5.32 Å². The zero-order chi connectivity index (χ0) is 14.8. The molecule has 1 heteroatoms. The number of hydrogen-bond acceptors (Lipinski definition) is 1. The van der Waals surface area contributed by atoms with E-state index in [9.17, 15) is 0 Å². The first-order valence-electron chi connectivity index (χ1n) is 8.49. The van der Waals surface area contributed by atoms with E-state index in [-0.39, 0.29) is 0 Å². The van der Waals surface area contributed by atoms with Crippen LogP contribution < -0.4 is 5.32 Å². The van der Waals surface area contributed by atoms with Crippen LogP contribution >= 0.6 is 0 Å². The Morgan fingerprint density at radius 1 is 0.950 bits per heavy atom. The van der Waals surface area contributed by atoms with Crippen LogP contribution in [0.5, 0.6) is 0 Å². The molecule has 0 radical (unpaired) electrons. The second-order valence-corrected chi connectivity index (χ2v) is 6.32. The highest BCUT2D eigenvalue weighted by Gasteiger charge is 2.11. The normalized spacial score (nSPS) is 12.8. The molecule has 1 atom stereocenters. The van der Waals surface area contributed by atoms with Gasteiger partial charge in [-0.1, -0.05) is 58.4 Å². The fourth-order valence-corrected chi connectivity index (χ4v) is 2.50. The smallest absolute Gasteiger partial charge is 0.0320 e. The SMILES string of the molecule is CCCCc1ccc(C(CCC(C)C)NCCC)cc1. The van der Waals surface area contributed by atoms with Crippen molar-refractivity contribution in [3.63, 3.8) is 0 Å². The molecule has 1 nitrogen and oxygen atoms in total. The van der Waals surface area contributed by atoms with Gasteiger partial charge in [0.25, 0.3) is 0 Å². The molecular formula is C19H33N. The number of rotatable bonds is 10. The summed E-state index contributed by atoms with van der Waals surface area (Å²) in [5.74, 6) is 0.782. The molecule has 0 heterocycles. The third-order valence-electron chi connectivity index (χ3n) is 3.87. The number of benzene rings is 1. The minimum absolute atomic E-state index is 0.526. The summed E-state index contributed by atoms with van der Waals surface area (Å²) in [7, 11) is 0. The van der Waals surface area contributed by atoms with Crippen LogP contribution in [-0.2, 0) is 6.42 Å². The molecular weight excluding hydrogens is 242 g/mol. The van der Waals surface area contributed by atoms with Gasteiger partial charge in [0.15, 0.2) is 0 Å². The summed E-state index contributed by atoms with van der Waals surface area (Å²) in [5, 5.41) is 3.70. The maximum atomic E-state index is 3.70. The molecule has 1 N–H and O–H groups in total. The molecule has 0 saturated heterocycles. The van der Waals surface area contributed by atoms with Gasteiger partial charge in [-0.2, -0.15) is 0 Å². The Labute approximate surface area is 126 Å². The van der Waals surface area contributed by atoms with Gasteiger partial charge in [-0.25, -0.2) is 0 Å². The number of aryl methyl sites for hydroxylation is 1. The summed E-state index contributed by atoms with van der Waals surface area (Å²) >= 11 is 0. The van der Waals surface area contributed by atoms with E-state index >= 15 is 0 Å². The fraction of sp³-hybridized carbons (Fsp3) is 0.684. The van der Waals surface area contributed by atoms with Crippen LogP contribution in [0.15, 0.2) is 24.3 Å². The molecule has 0 fully saturated rings. The van der Waals surface area contributed by atoms with Crippen molar-refractivity contribution in [2.45, 2.75) is 72.3 Å². The number of unbranched alkanes of at least 4 members (excludes halogenated alkanes) is 1. The third-order valence-corrected chi connectivity index (χ3v) is 3.87. The summed E-state index contributed by atoms with van der Waals surface area (Å²) in [6.45, 7) is 10.2. The van der Waals surface area contributed by atoms with Crippen LogP contribution in [-0.4, -0.2) is 6.54 Å². The molecule has 0 aliphatic rings. The van der Waals surface area contributed by atoms with Crippen LogP contribution in [0, 0.1) is 5.92 Å². The summed E-state index contributed by atoms with van der Waals surface area (Å²) in [5.41, 5.74) is 2.94. The molecule has 0 amide bonds. The van der Waals surface area contributed by atoms with Gasteiger partial charge in [0.1, 0.15) is 0 Å². The minimum Gasteiger partial charge on any atom is -0.310 e. The Balaban J connectivity index is 2.63. The third kappa shape index (κ3) is 6.56. The molecule has 0 bridgehead atoms. The van der Waals surface area contributed by atoms with E-state index in [1.807, 2.05) is 0 Å². The first-order valence-corrected chi connectivity index (χ1v) is 8.49. The van der Waals surface area contributed by atoms with Crippen molar-refractivity contribution in [1.29, 1.82) is 0 Å². The van der Waals surface area contributed by atoms with Crippen molar-refractivity contribution >= 4 is 0 Å². The molecule has 0 aliphatic carbocycles. The highest BCUT2D eigenvalue weighted by molar-refractivity contribution is 5.25. The molecule has 1 aromatic rings. The molecule has 0 saturated carbocycles. The second-order valence-electron chi connectivity index (χ2n) is 6.32. The highest BCUT2D eigenvalue weighted by Crippen LogP contribution is 2.22. The molecule has 1 unspecified atom stereocenters. The number of nitrogens with one attached hydrogen (secondary N) is 1. The molecule has 20 heavy (non-hydrogen) atoms. The zero-order valence-electron chi connectivity index (χ0n) is 13.9.